The predicted molar refractivity (Wildman–Crippen MR) is 149 cm³/mol. The van der Waals surface area contributed by atoms with Crippen LogP contribution >= 0.6 is 0 Å². The van der Waals surface area contributed by atoms with E-state index in [9.17, 15) is 4.79 Å². The monoisotopic (exact) mass is 465 g/mol. The molecule has 3 unspecified atom stereocenters. The Morgan fingerprint density at radius 1 is 1.00 bits per heavy atom. The van der Waals surface area contributed by atoms with Crippen LogP contribution in [-0.2, 0) is 6.54 Å². The first-order valence-corrected chi connectivity index (χ1v) is 13.2. The lowest BCUT2D eigenvalue weighted by atomic mass is 9.89. The first-order chi connectivity index (χ1) is 16.9. The van der Waals surface area contributed by atoms with Crippen molar-refractivity contribution < 1.29 is 4.79 Å². The van der Waals surface area contributed by atoms with E-state index >= 15 is 0 Å². The summed E-state index contributed by atoms with van der Waals surface area (Å²) in [6, 6.07) is 21.9. The van der Waals surface area contributed by atoms with Crippen molar-refractivity contribution in [2.75, 3.05) is 0 Å². The minimum absolute atomic E-state index is 0.386. The molecule has 0 spiro atoms. The van der Waals surface area contributed by atoms with E-state index in [2.05, 4.69) is 83.1 Å². The van der Waals surface area contributed by atoms with E-state index in [1.165, 1.54) is 57.5 Å². The Kier molecular flexibility index (Phi) is 8.00. The third-order valence-corrected chi connectivity index (χ3v) is 7.89. The molecule has 0 N–H and O–H groups in total. The van der Waals surface area contributed by atoms with Gasteiger partial charge in [-0.25, -0.2) is 0 Å². The molecule has 1 aliphatic carbocycles. The molecule has 3 aromatic rings. The SMILES string of the molecule is CCCC(C)c1ccc(-c2ccc(CN=C3CC(c4c(C)cccc4C=O)CC3C)c(C)c2)cc1. The van der Waals surface area contributed by atoms with Crippen LogP contribution in [0.4, 0.5) is 0 Å². The van der Waals surface area contributed by atoms with Crippen molar-refractivity contribution in [2.45, 2.75) is 78.7 Å². The Balaban J connectivity index is 1.47. The van der Waals surface area contributed by atoms with Crippen LogP contribution in [0.3, 0.4) is 0 Å². The van der Waals surface area contributed by atoms with Crippen LogP contribution in [-0.4, -0.2) is 12.0 Å². The van der Waals surface area contributed by atoms with Crippen LogP contribution in [0.2, 0.25) is 0 Å². The molecular weight excluding hydrogens is 426 g/mol. The molecule has 35 heavy (non-hydrogen) atoms. The molecule has 2 nitrogen and oxygen atoms in total. The van der Waals surface area contributed by atoms with Gasteiger partial charge in [-0.15, -0.1) is 0 Å². The van der Waals surface area contributed by atoms with Gasteiger partial charge in [-0.3, -0.25) is 9.79 Å². The molecule has 0 aliphatic heterocycles. The van der Waals surface area contributed by atoms with Crippen LogP contribution < -0.4 is 0 Å². The Hall–Kier alpha value is -3.00. The van der Waals surface area contributed by atoms with Gasteiger partial charge in [0.15, 0.2) is 0 Å². The predicted octanol–water partition coefficient (Wildman–Crippen LogP) is 8.84. The quantitative estimate of drug-likeness (QED) is 0.305. The maximum absolute atomic E-state index is 11.6. The fourth-order valence-corrected chi connectivity index (χ4v) is 5.75. The molecule has 4 rings (SSSR count). The molecule has 3 aromatic carbocycles. The van der Waals surface area contributed by atoms with Crippen LogP contribution in [0.15, 0.2) is 65.7 Å². The van der Waals surface area contributed by atoms with E-state index in [1.807, 2.05) is 12.1 Å². The van der Waals surface area contributed by atoms with Crippen molar-refractivity contribution in [3.63, 3.8) is 0 Å². The third-order valence-electron chi connectivity index (χ3n) is 7.89. The summed E-state index contributed by atoms with van der Waals surface area (Å²) in [5.41, 5.74) is 11.1. The standard InChI is InChI=1S/C33H39NO/c1-6-8-22(2)26-11-13-27(14-12-26)28-15-16-29(24(4)17-28)20-34-32-19-31(18-25(32)5)33-23(3)9-7-10-30(33)21-35/h7,9-17,21-22,25,31H,6,8,18-20H2,1-5H3. The lowest BCUT2D eigenvalue weighted by molar-refractivity contribution is 0.112. The zero-order chi connectivity index (χ0) is 24.9. The summed E-state index contributed by atoms with van der Waals surface area (Å²) in [6.07, 6.45) is 5.48. The topological polar surface area (TPSA) is 29.4 Å². The number of aldehydes is 1. The third kappa shape index (κ3) is 5.64. The number of hydrogen-bond acceptors (Lipinski definition) is 2. The number of hydrogen-bond donors (Lipinski definition) is 0. The van der Waals surface area contributed by atoms with Gasteiger partial charge in [-0.1, -0.05) is 87.9 Å². The van der Waals surface area contributed by atoms with Crippen molar-refractivity contribution >= 4 is 12.0 Å². The van der Waals surface area contributed by atoms with Crippen molar-refractivity contribution in [3.8, 4) is 11.1 Å². The molecule has 3 atom stereocenters. The molecule has 0 heterocycles. The highest BCUT2D eigenvalue weighted by molar-refractivity contribution is 5.90. The summed E-state index contributed by atoms with van der Waals surface area (Å²) < 4.78 is 0. The molecule has 0 aromatic heterocycles. The van der Waals surface area contributed by atoms with Gasteiger partial charge in [0, 0.05) is 11.3 Å². The molecule has 0 saturated heterocycles. The number of rotatable bonds is 8. The molecular formula is C33H39NO. The molecule has 2 heteroatoms. The lowest BCUT2D eigenvalue weighted by Crippen LogP contribution is -2.03. The molecule has 182 valence electrons. The molecule has 1 fully saturated rings. The average Bonchev–Trinajstić information content (AvgIpc) is 3.23. The Bertz CT molecular complexity index is 1200. The zero-order valence-corrected chi connectivity index (χ0v) is 22.0. The van der Waals surface area contributed by atoms with Gasteiger partial charge >= 0.3 is 0 Å². The lowest BCUT2D eigenvalue weighted by Gasteiger charge is -2.15. The van der Waals surface area contributed by atoms with Gasteiger partial charge in [-0.2, -0.15) is 0 Å². The molecule has 0 bridgehead atoms. The van der Waals surface area contributed by atoms with E-state index in [0.717, 1.165) is 31.2 Å². The minimum Gasteiger partial charge on any atom is -0.298 e. The second kappa shape index (κ2) is 11.2. The van der Waals surface area contributed by atoms with Gasteiger partial charge < -0.3 is 0 Å². The highest BCUT2D eigenvalue weighted by Crippen LogP contribution is 2.39. The van der Waals surface area contributed by atoms with Crippen LogP contribution in [0.25, 0.3) is 11.1 Å². The fourth-order valence-electron chi connectivity index (χ4n) is 5.75. The van der Waals surface area contributed by atoms with Gasteiger partial charge in [-0.05, 0) is 89.8 Å². The van der Waals surface area contributed by atoms with E-state index in [-0.39, 0.29) is 0 Å². The first kappa shape index (κ1) is 25.1. The average molecular weight is 466 g/mol. The van der Waals surface area contributed by atoms with Gasteiger partial charge in [0.25, 0.3) is 0 Å². The smallest absolute Gasteiger partial charge is 0.150 e. The number of aliphatic imine (C=N–C) groups is 1. The molecule has 1 aliphatic rings. The number of aryl methyl sites for hydroxylation is 2. The van der Waals surface area contributed by atoms with Crippen molar-refractivity contribution in [1.29, 1.82) is 0 Å². The Morgan fingerprint density at radius 2 is 1.74 bits per heavy atom. The number of nitrogens with zero attached hydrogens (tertiary/aromatic N) is 1. The van der Waals surface area contributed by atoms with Crippen LogP contribution in [0.5, 0.6) is 0 Å². The largest absolute Gasteiger partial charge is 0.298 e. The number of benzene rings is 3. The van der Waals surface area contributed by atoms with E-state index in [0.29, 0.717) is 17.8 Å². The summed E-state index contributed by atoms with van der Waals surface area (Å²) in [5.74, 6) is 1.45. The van der Waals surface area contributed by atoms with E-state index in [4.69, 9.17) is 4.99 Å². The second-order valence-electron chi connectivity index (χ2n) is 10.5. The maximum Gasteiger partial charge on any atom is 0.150 e. The maximum atomic E-state index is 11.6. The Morgan fingerprint density at radius 3 is 2.43 bits per heavy atom. The Labute approximate surface area is 211 Å². The fraction of sp³-hybridized carbons (Fsp3) is 0.394. The first-order valence-electron chi connectivity index (χ1n) is 13.2. The summed E-state index contributed by atoms with van der Waals surface area (Å²) in [7, 11) is 0. The number of carbonyl (C=O) groups excluding carboxylic acids is 1. The summed E-state index contributed by atoms with van der Waals surface area (Å²) in [4.78, 5) is 16.7. The van der Waals surface area contributed by atoms with Gasteiger partial charge in [0.1, 0.15) is 6.29 Å². The second-order valence-corrected chi connectivity index (χ2v) is 10.5. The summed E-state index contributed by atoms with van der Waals surface area (Å²) in [5, 5.41) is 0. The van der Waals surface area contributed by atoms with Crippen molar-refractivity contribution in [2.24, 2.45) is 10.9 Å². The van der Waals surface area contributed by atoms with Crippen molar-refractivity contribution in [3.05, 3.63) is 94.0 Å². The highest BCUT2D eigenvalue weighted by atomic mass is 16.1. The van der Waals surface area contributed by atoms with Gasteiger partial charge in [0.05, 0.1) is 6.54 Å². The van der Waals surface area contributed by atoms with E-state index in [1.54, 1.807) is 0 Å². The van der Waals surface area contributed by atoms with Crippen LogP contribution in [0.1, 0.15) is 96.5 Å². The molecule has 0 amide bonds. The zero-order valence-electron chi connectivity index (χ0n) is 22.0. The van der Waals surface area contributed by atoms with Gasteiger partial charge in [0.2, 0.25) is 0 Å². The minimum atomic E-state index is 0.386. The normalized spacial score (nSPS) is 19.7. The summed E-state index contributed by atoms with van der Waals surface area (Å²) in [6.45, 7) is 11.9. The molecule has 0 radical (unpaired) electrons. The molecule has 1 saturated carbocycles. The number of carbonyl (C=O) groups is 1. The van der Waals surface area contributed by atoms with Crippen molar-refractivity contribution in [1.82, 2.24) is 0 Å². The van der Waals surface area contributed by atoms with Crippen LogP contribution in [0, 0.1) is 19.8 Å². The highest BCUT2D eigenvalue weighted by Gasteiger charge is 2.30. The van der Waals surface area contributed by atoms with E-state index < -0.39 is 0 Å². The summed E-state index contributed by atoms with van der Waals surface area (Å²) >= 11 is 0.